The summed E-state index contributed by atoms with van der Waals surface area (Å²) in [6.07, 6.45) is 0. The van der Waals surface area contributed by atoms with Gasteiger partial charge in [0.15, 0.2) is 11.5 Å². The Morgan fingerprint density at radius 3 is 1.96 bits per heavy atom. The first-order chi connectivity index (χ1) is 11.3. The highest BCUT2D eigenvalue weighted by Gasteiger charge is 2.25. The fourth-order valence-electron chi connectivity index (χ4n) is 2.51. The van der Waals surface area contributed by atoms with E-state index in [0.29, 0.717) is 10.8 Å². The summed E-state index contributed by atoms with van der Waals surface area (Å²) >= 11 is 0. The fourth-order valence-corrected chi connectivity index (χ4v) is 2.51. The number of rotatable bonds is 3. The molecule has 0 aromatic heterocycles. The van der Waals surface area contributed by atoms with Crippen LogP contribution in [0.25, 0.3) is 10.8 Å². The molecule has 0 unspecified atom stereocenters. The third-order valence-corrected chi connectivity index (χ3v) is 3.54. The molecule has 0 atom stereocenters. The molecule has 0 heterocycles. The maximum atomic E-state index is 12.1. The van der Waals surface area contributed by atoms with Gasteiger partial charge in [0.05, 0.1) is 7.11 Å². The highest BCUT2D eigenvalue weighted by Crippen LogP contribution is 2.42. The minimum absolute atomic E-state index is 0.0187. The molecule has 0 aliphatic heterocycles. The summed E-state index contributed by atoms with van der Waals surface area (Å²) in [6.45, 7) is 6.14. The minimum atomic E-state index is -0.692. The first-order valence-electron chi connectivity index (χ1n) is 7.28. The lowest BCUT2D eigenvalue weighted by Gasteiger charge is -2.17. The van der Waals surface area contributed by atoms with Crippen LogP contribution in [0, 0.1) is 13.8 Å². The van der Waals surface area contributed by atoms with E-state index in [2.05, 4.69) is 0 Å². The van der Waals surface area contributed by atoms with E-state index in [1.165, 1.54) is 21.0 Å². The maximum Gasteiger partial charge on any atom is 0.341 e. The number of methoxy groups -OCH3 is 1. The van der Waals surface area contributed by atoms with Crippen LogP contribution in [0.5, 0.6) is 11.5 Å². The lowest BCUT2D eigenvalue weighted by atomic mass is 9.97. The van der Waals surface area contributed by atoms with Crippen LogP contribution in [0.15, 0.2) is 18.2 Å². The average Bonchev–Trinajstić information content (AvgIpc) is 2.50. The Morgan fingerprint density at radius 2 is 1.42 bits per heavy atom. The van der Waals surface area contributed by atoms with Gasteiger partial charge in [-0.2, -0.15) is 0 Å². The Balaban J connectivity index is 2.99. The van der Waals surface area contributed by atoms with Crippen molar-refractivity contribution in [1.82, 2.24) is 0 Å². The van der Waals surface area contributed by atoms with Crippen LogP contribution in [-0.4, -0.2) is 25.0 Å². The van der Waals surface area contributed by atoms with Crippen LogP contribution in [0.1, 0.15) is 35.3 Å². The summed E-state index contributed by atoms with van der Waals surface area (Å²) in [6, 6.07) is 5.33. The Hall–Kier alpha value is -2.89. The molecule has 24 heavy (non-hydrogen) atoms. The normalized spacial score (nSPS) is 10.4. The molecule has 2 aromatic carbocycles. The molecular formula is C18H18O6. The van der Waals surface area contributed by atoms with Crippen LogP contribution in [0.2, 0.25) is 0 Å². The minimum Gasteiger partial charge on any atom is -0.465 e. The van der Waals surface area contributed by atoms with Crippen molar-refractivity contribution in [2.45, 2.75) is 27.7 Å². The zero-order chi connectivity index (χ0) is 18.0. The molecule has 0 radical (unpaired) electrons. The second-order valence-electron chi connectivity index (χ2n) is 5.38. The average molecular weight is 330 g/mol. The van der Waals surface area contributed by atoms with Gasteiger partial charge in [-0.15, -0.1) is 0 Å². The number of fused-ring (bicyclic) bond motifs is 1. The number of aryl methyl sites for hydroxylation is 2. The van der Waals surface area contributed by atoms with E-state index in [4.69, 9.17) is 14.2 Å². The van der Waals surface area contributed by atoms with Gasteiger partial charge >= 0.3 is 17.9 Å². The third kappa shape index (κ3) is 3.22. The van der Waals surface area contributed by atoms with Gasteiger partial charge in [-0.05, 0) is 36.4 Å². The summed E-state index contributed by atoms with van der Waals surface area (Å²) in [5.74, 6) is -2.00. The molecule has 0 bridgehead atoms. The van der Waals surface area contributed by atoms with Crippen molar-refractivity contribution in [3.63, 3.8) is 0 Å². The molecule has 6 heteroatoms. The van der Waals surface area contributed by atoms with Crippen molar-refractivity contribution in [2.75, 3.05) is 7.11 Å². The van der Waals surface area contributed by atoms with E-state index >= 15 is 0 Å². The Morgan fingerprint density at radius 1 is 0.875 bits per heavy atom. The molecule has 2 aromatic rings. The zero-order valence-electron chi connectivity index (χ0n) is 14.2. The third-order valence-electron chi connectivity index (χ3n) is 3.54. The number of esters is 3. The number of carbonyl (C=O) groups is 3. The highest BCUT2D eigenvalue weighted by molar-refractivity contribution is 6.05. The van der Waals surface area contributed by atoms with Crippen LogP contribution in [0.4, 0.5) is 0 Å². The lowest BCUT2D eigenvalue weighted by Crippen LogP contribution is -2.13. The molecule has 0 saturated carbocycles. The van der Waals surface area contributed by atoms with Crippen LogP contribution in [-0.2, 0) is 14.3 Å². The SMILES string of the molecule is COC(=O)c1cc2c(C)ccc(C)c2c(OC(C)=O)c1OC(C)=O. The van der Waals surface area contributed by atoms with Crippen LogP contribution in [0.3, 0.4) is 0 Å². The van der Waals surface area contributed by atoms with Crippen molar-refractivity contribution >= 4 is 28.7 Å². The molecule has 126 valence electrons. The van der Waals surface area contributed by atoms with Gasteiger partial charge in [0, 0.05) is 19.2 Å². The van der Waals surface area contributed by atoms with Crippen molar-refractivity contribution in [3.05, 3.63) is 34.9 Å². The molecule has 6 nitrogen and oxygen atoms in total. The zero-order valence-corrected chi connectivity index (χ0v) is 14.2. The molecule has 0 aliphatic rings. The second kappa shape index (κ2) is 6.70. The molecule has 0 N–H and O–H groups in total. The molecular weight excluding hydrogens is 312 g/mol. The maximum absolute atomic E-state index is 12.1. The van der Waals surface area contributed by atoms with Gasteiger partial charge in [-0.1, -0.05) is 12.1 Å². The monoisotopic (exact) mass is 330 g/mol. The van der Waals surface area contributed by atoms with E-state index in [-0.39, 0.29) is 17.1 Å². The van der Waals surface area contributed by atoms with Gasteiger partial charge in [-0.25, -0.2) is 4.79 Å². The van der Waals surface area contributed by atoms with Crippen molar-refractivity contribution in [1.29, 1.82) is 0 Å². The van der Waals surface area contributed by atoms with E-state index in [1.54, 1.807) is 6.07 Å². The molecule has 0 fully saturated rings. The number of benzene rings is 2. The molecule has 2 rings (SSSR count). The van der Waals surface area contributed by atoms with E-state index in [1.807, 2.05) is 26.0 Å². The summed E-state index contributed by atoms with van der Waals surface area (Å²) in [7, 11) is 1.22. The first kappa shape index (κ1) is 17.5. The summed E-state index contributed by atoms with van der Waals surface area (Å²) in [5, 5.41) is 1.32. The van der Waals surface area contributed by atoms with Gasteiger partial charge < -0.3 is 14.2 Å². The van der Waals surface area contributed by atoms with Gasteiger partial charge in [0.2, 0.25) is 0 Å². The predicted octanol–water partition coefficient (Wildman–Crippen LogP) is 3.09. The van der Waals surface area contributed by atoms with Crippen molar-refractivity contribution < 1.29 is 28.6 Å². The Kier molecular flexibility index (Phi) is 4.87. The number of carbonyl (C=O) groups excluding carboxylic acids is 3. The van der Waals surface area contributed by atoms with Crippen LogP contribution < -0.4 is 9.47 Å². The quantitative estimate of drug-likeness (QED) is 0.635. The summed E-state index contributed by atoms with van der Waals surface area (Å²) < 4.78 is 15.3. The fraction of sp³-hybridized carbons (Fsp3) is 0.278. The smallest absolute Gasteiger partial charge is 0.341 e. The topological polar surface area (TPSA) is 78.9 Å². The van der Waals surface area contributed by atoms with Crippen molar-refractivity contribution in [2.24, 2.45) is 0 Å². The first-order valence-corrected chi connectivity index (χ1v) is 7.28. The van der Waals surface area contributed by atoms with E-state index in [9.17, 15) is 14.4 Å². The van der Waals surface area contributed by atoms with E-state index < -0.39 is 17.9 Å². The molecule has 0 amide bonds. The second-order valence-corrected chi connectivity index (χ2v) is 5.38. The Labute approximate surface area is 139 Å². The van der Waals surface area contributed by atoms with Crippen LogP contribution >= 0.6 is 0 Å². The number of ether oxygens (including phenoxy) is 3. The van der Waals surface area contributed by atoms with Gasteiger partial charge in [0.25, 0.3) is 0 Å². The summed E-state index contributed by atoms with van der Waals surface area (Å²) in [4.78, 5) is 35.2. The highest BCUT2D eigenvalue weighted by atomic mass is 16.6. The van der Waals surface area contributed by atoms with Gasteiger partial charge in [-0.3, -0.25) is 9.59 Å². The summed E-state index contributed by atoms with van der Waals surface area (Å²) in [5.41, 5.74) is 1.71. The number of hydrogen-bond acceptors (Lipinski definition) is 6. The van der Waals surface area contributed by atoms with E-state index in [0.717, 1.165) is 11.1 Å². The van der Waals surface area contributed by atoms with Gasteiger partial charge in [0.1, 0.15) is 5.56 Å². The largest absolute Gasteiger partial charge is 0.465 e. The van der Waals surface area contributed by atoms with Crippen molar-refractivity contribution in [3.8, 4) is 11.5 Å². The lowest BCUT2D eigenvalue weighted by molar-refractivity contribution is -0.134. The molecule has 0 saturated heterocycles. The number of hydrogen-bond donors (Lipinski definition) is 0. The Bertz CT molecular complexity index is 850. The molecule has 0 aliphatic carbocycles. The standard InChI is InChI=1S/C18H18O6/c1-9-6-7-10(2)15-13(9)8-14(18(21)22-5)16(23-11(3)19)17(15)24-12(4)20/h6-8H,1-5H3. The predicted molar refractivity (Wildman–Crippen MR) is 87.4 cm³/mol. The molecule has 0 spiro atoms.